The second-order valence-electron chi connectivity index (χ2n) is 8.06. The molecule has 0 bridgehead atoms. The predicted octanol–water partition coefficient (Wildman–Crippen LogP) is 4.41. The molecule has 0 aliphatic carbocycles. The van der Waals surface area contributed by atoms with E-state index in [0.29, 0.717) is 40.5 Å². The van der Waals surface area contributed by atoms with Crippen LogP contribution < -0.4 is 15.0 Å². The van der Waals surface area contributed by atoms with Crippen molar-refractivity contribution in [2.24, 2.45) is 5.92 Å². The molecule has 0 spiro atoms. The summed E-state index contributed by atoms with van der Waals surface area (Å²) < 4.78 is 7.50. The van der Waals surface area contributed by atoms with Crippen LogP contribution in [0.2, 0.25) is 5.02 Å². The van der Waals surface area contributed by atoms with Gasteiger partial charge in [0.2, 0.25) is 17.7 Å². The Morgan fingerprint density at radius 2 is 1.89 bits per heavy atom. The first kappa shape index (κ1) is 22.5. The average Bonchev–Trinajstić information content (AvgIpc) is 3.51. The van der Waals surface area contributed by atoms with Crippen molar-refractivity contribution in [1.29, 1.82) is 0 Å². The van der Waals surface area contributed by atoms with Crippen molar-refractivity contribution in [2.75, 3.05) is 16.8 Å². The topological polar surface area (TPSA) is 102 Å². The van der Waals surface area contributed by atoms with E-state index in [1.165, 1.54) is 0 Å². The lowest BCUT2D eigenvalue weighted by Gasteiger charge is -2.17. The Bertz CT molecular complexity index is 1360. The number of hydrogen-bond acceptors (Lipinski definition) is 6. The fourth-order valence-electron chi connectivity index (χ4n) is 3.82. The van der Waals surface area contributed by atoms with Gasteiger partial charge in [0, 0.05) is 47.8 Å². The van der Waals surface area contributed by atoms with Crippen molar-refractivity contribution >= 4 is 34.8 Å². The number of nitrogens with zero attached hydrogens (tertiary/aromatic N) is 5. The summed E-state index contributed by atoms with van der Waals surface area (Å²) in [6.07, 6.45) is 3.61. The van der Waals surface area contributed by atoms with E-state index >= 15 is 0 Å². The molecule has 0 radical (unpaired) electrons. The maximum absolute atomic E-state index is 12.8. The van der Waals surface area contributed by atoms with Gasteiger partial charge in [0.1, 0.15) is 11.6 Å². The highest BCUT2D eigenvalue weighted by Crippen LogP contribution is 2.28. The number of nitrogens with one attached hydrogen (secondary N) is 1. The predicted molar refractivity (Wildman–Crippen MR) is 131 cm³/mol. The number of aromatic nitrogens is 4. The average molecular weight is 489 g/mol. The van der Waals surface area contributed by atoms with Crippen LogP contribution in [0.3, 0.4) is 0 Å². The van der Waals surface area contributed by atoms with Gasteiger partial charge in [0.15, 0.2) is 5.82 Å². The summed E-state index contributed by atoms with van der Waals surface area (Å²) in [5.74, 6) is 1.34. The number of halogens is 1. The fourth-order valence-corrected chi connectivity index (χ4v) is 3.95. The smallest absolute Gasteiger partial charge is 0.229 e. The van der Waals surface area contributed by atoms with E-state index in [0.717, 1.165) is 5.69 Å². The first-order chi connectivity index (χ1) is 16.9. The molecule has 1 aliphatic rings. The third-order valence-corrected chi connectivity index (χ3v) is 5.77. The highest BCUT2D eigenvalue weighted by molar-refractivity contribution is 6.30. The molecule has 2 aromatic heterocycles. The molecule has 2 amide bonds. The minimum absolute atomic E-state index is 0.0918. The molecule has 1 fully saturated rings. The zero-order valence-corrected chi connectivity index (χ0v) is 19.5. The first-order valence-electron chi connectivity index (χ1n) is 10.9. The van der Waals surface area contributed by atoms with Crippen LogP contribution in [-0.4, -0.2) is 38.1 Å². The summed E-state index contributed by atoms with van der Waals surface area (Å²) in [4.78, 5) is 35.5. The molecule has 1 aliphatic heterocycles. The lowest BCUT2D eigenvalue weighted by atomic mass is 10.1. The van der Waals surface area contributed by atoms with Crippen LogP contribution in [0, 0.1) is 12.8 Å². The number of carbonyl (C=O) groups excluding carboxylic acids is 2. The van der Waals surface area contributed by atoms with Crippen molar-refractivity contribution in [3.63, 3.8) is 0 Å². The van der Waals surface area contributed by atoms with E-state index in [2.05, 4.69) is 20.4 Å². The second-order valence-corrected chi connectivity index (χ2v) is 8.50. The van der Waals surface area contributed by atoms with E-state index in [-0.39, 0.29) is 18.2 Å². The number of benzene rings is 2. The monoisotopic (exact) mass is 488 g/mol. The number of ether oxygens (including phenoxy) is 1. The van der Waals surface area contributed by atoms with Gasteiger partial charge in [-0.2, -0.15) is 10.1 Å². The van der Waals surface area contributed by atoms with Gasteiger partial charge in [0.25, 0.3) is 0 Å². The maximum atomic E-state index is 12.8. The van der Waals surface area contributed by atoms with Crippen LogP contribution in [-0.2, 0) is 9.59 Å². The summed E-state index contributed by atoms with van der Waals surface area (Å²) in [5.41, 5.74) is 1.34. The molecule has 1 unspecified atom stereocenters. The minimum Gasteiger partial charge on any atom is -0.439 e. The summed E-state index contributed by atoms with van der Waals surface area (Å²) in [6, 6.07) is 17.5. The maximum Gasteiger partial charge on any atom is 0.229 e. The van der Waals surface area contributed by atoms with Gasteiger partial charge in [-0.25, -0.2) is 9.67 Å². The third-order valence-electron chi connectivity index (χ3n) is 5.52. The molecule has 0 saturated carbocycles. The first-order valence-corrected chi connectivity index (χ1v) is 11.3. The number of rotatable bonds is 6. The van der Waals surface area contributed by atoms with Crippen molar-refractivity contribution < 1.29 is 14.3 Å². The number of amides is 2. The van der Waals surface area contributed by atoms with E-state index in [1.807, 2.05) is 6.07 Å². The van der Waals surface area contributed by atoms with Gasteiger partial charge >= 0.3 is 0 Å². The van der Waals surface area contributed by atoms with Crippen molar-refractivity contribution in [3.05, 3.63) is 83.9 Å². The summed E-state index contributed by atoms with van der Waals surface area (Å²) in [5, 5.41) is 7.65. The largest absolute Gasteiger partial charge is 0.439 e. The molecule has 3 heterocycles. The Hall–Kier alpha value is -4.24. The molecule has 5 rings (SSSR count). The van der Waals surface area contributed by atoms with Gasteiger partial charge in [-0.1, -0.05) is 11.6 Å². The highest BCUT2D eigenvalue weighted by atomic mass is 35.5. The van der Waals surface area contributed by atoms with Gasteiger partial charge in [-0.3, -0.25) is 9.59 Å². The lowest BCUT2D eigenvalue weighted by molar-refractivity contribution is -0.122. The molecule has 2 aromatic carbocycles. The molecular weight excluding hydrogens is 468 g/mol. The quantitative estimate of drug-likeness (QED) is 0.431. The number of anilines is 2. The Morgan fingerprint density at radius 1 is 1.11 bits per heavy atom. The molecule has 176 valence electrons. The Balaban J connectivity index is 1.22. The molecule has 1 saturated heterocycles. The number of aryl methyl sites for hydroxylation is 1. The van der Waals surface area contributed by atoms with Gasteiger partial charge < -0.3 is 15.0 Å². The Morgan fingerprint density at radius 3 is 2.60 bits per heavy atom. The van der Waals surface area contributed by atoms with Crippen LogP contribution in [0.5, 0.6) is 11.6 Å². The van der Waals surface area contributed by atoms with Gasteiger partial charge in [-0.05, 0) is 61.5 Å². The molecule has 10 heteroatoms. The lowest BCUT2D eigenvalue weighted by Crippen LogP contribution is -2.28. The van der Waals surface area contributed by atoms with Crippen molar-refractivity contribution in [1.82, 2.24) is 19.7 Å². The van der Waals surface area contributed by atoms with E-state index < -0.39 is 5.92 Å². The molecule has 4 aromatic rings. The Kier molecular flexibility index (Phi) is 6.15. The fraction of sp³-hybridized carbons (Fsp3) is 0.160. The Labute approximate surface area is 206 Å². The van der Waals surface area contributed by atoms with Gasteiger partial charge in [-0.15, -0.1) is 0 Å². The molecule has 9 nitrogen and oxygen atoms in total. The van der Waals surface area contributed by atoms with Crippen LogP contribution in [0.25, 0.3) is 5.82 Å². The number of hydrogen-bond donors (Lipinski definition) is 1. The van der Waals surface area contributed by atoms with Crippen molar-refractivity contribution in [3.8, 4) is 17.4 Å². The number of carbonyl (C=O) groups is 2. The summed E-state index contributed by atoms with van der Waals surface area (Å²) in [7, 11) is 0. The van der Waals surface area contributed by atoms with Crippen LogP contribution in [0.15, 0.2) is 73.1 Å². The van der Waals surface area contributed by atoms with Gasteiger partial charge in [0.05, 0.1) is 5.92 Å². The zero-order chi connectivity index (χ0) is 24.4. The summed E-state index contributed by atoms with van der Waals surface area (Å²) in [6.45, 7) is 2.10. The van der Waals surface area contributed by atoms with E-state index in [4.69, 9.17) is 16.3 Å². The standard InChI is InChI=1S/C25H21ClN6O3/c1-16-28-22(32-12-2-11-27-32)14-23(29-16)35-21-9-5-19(6-10-21)30-25(34)17-13-24(33)31(15-17)20-7-3-18(26)4-8-20/h2-12,14,17H,13,15H2,1H3,(H,30,34). The van der Waals surface area contributed by atoms with Crippen LogP contribution >= 0.6 is 11.6 Å². The summed E-state index contributed by atoms with van der Waals surface area (Å²) >= 11 is 5.93. The highest BCUT2D eigenvalue weighted by Gasteiger charge is 2.35. The normalized spacial score (nSPS) is 15.3. The zero-order valence-electron chi connectivity index (χ0n) is 18.8. The molecular formula is C25H21ClN6O3. The minimum atomic E-state index is -0.446. The van der Waals surface area contributed by atoms with E-state index in [1.54, 1.807) is 83.5 Å². The molecule has 1 atom stereocenters. The third kappa shape index (κ3) is 5.15. The SMILES string of the molecule is Cc1nc(Oc2ccc(NC(=O)C3CC(=O)N(c4ccc(Cl)cc4)C3)cc2)cc(-n2cccn2)n1. The molecule has 35 heavy (non-hydrogen) atoms. The molecule has 1 N–H and O–H groups in total. The van der Waals surface area contributed by atoms with Crippen LogP contribution in [0.1, 0.15) is 12.2 Å². The van der Waals surface area contributed by atoms with E-state index in [9.17, 15) is 9.59 Å². The van der Waals surface area contributed by atoms with Crippen molar-refractivity contribution in [2.45, 2.75) is 13.3 Å². The second kappa shape index (κ2) is 9.55. The van der Waals surface area contributed by atoms with Crippen LogP contribution in [0.4, 0.5) is 11.4 Å².